The lowest BCUT2D eigenvalue weighted by atomic mass is 10.2. The van der Waals surface area contributed by atoms with E-state index in [4.69, 9.17) is 23.2 Å². The van der Waals surface area contributed by atoms with Crippen molar-refractivity contribution in [3.8, 4) is 0 Å². The monoisotopic (exact) mass is 380 g/mol. The molecule has 3 rings (SSSR count). The number of hydrogen-bond acceptors (Lipinski definition) is 3. The maximum absolute atomic E-state index is 12.6. The van der Waals surface area contributed by atoms with Gasteiger partial charge in [0.2, 0.25) is 0 Å². The molecule has 0 saturated carbocycles. The van der Waals surface area contributed by atoms with Gasteiger partial charge < -0.3 is 9.47 Å². The molecule has 1 aliphatic rings. The van der Waals surface area contributed by atoms with Crippen LogP contribution in [0.4, 0.5) is 0 Å². The average Bonchev–Trinajstić information content (AvgIpc) is 3.07. The van der Waals surface area contributed by atoms with Gasteiger partial charge in [-0.3, -0.25) is 9.69 Å². The van der Waals surface area contributed by atoms with Crippen LogP contribution in [-0.4, -0.2) is 58.0 Å². The normalized spacial score (nSPS) is 15.6. The minimum atomic E-state index is -0.0239. The largest absolute Gasteiger partial charge is 0.336 e. The number of nitrogens with zero attached hydrogens (tertiary/aromatic N) is 4. The SMILES string of the molecule is CCc1nccn1CCN1CCN(C(=O)c2ccc(Cl)cc2Cl)CC1. The van der Waals surface area contributed by atoms with Crippen LogP contribution in [0.5, 0.6) is 0 Å². The summed E-state index contributed by atoms with van der Waals surface area (Å²) in [5.41, 5.74) is 0.519. The van der Waals surface area contributed by atoms with E-state index in [9.17, 15) is 4.79 Å². The summed E-state index contributed by atoms with van der Waals surface area (Å²) in [4.78, 5) is 21.2. The van der Waals surface area contributed by atoms with Crippen LogP contribution in [0.2, 0.25) is 10.0 Å². The molecule has 2 heterocycles. The van der Waals surface area contributed by atoms with Gasteiger partial charge >= 0.3 is 0 Å². The van der Waals surface area contributed by atoms with Gasteiger partial charge in [-0.15, -0.1) is 0 Å². The van der Waals surface area contributed by atoms with Gasteiger partial charge in [0, 0.05) is 63.1 Å². The van der Waals surface area contributed by atoms with E-state index in [1.165, 1.54) is 0 Å². The zero-order valence-corrected chi connectivity index (χ0v) is 15.8. The Morgan fingerprint density at radius 3 is 2.60 bits per heavy atom. The second-order valence-corrected chi connectivity index (χ2v) is 6.99. The van der Waals surface area contributed by atoms with Gasteiger partial charge in [0.1, 0.15) is 5.82 Å². The van der Waals surface area contributed by atoms with Crippen LogP contribution in [0.1, 0.15) is 23.1 Å². The van der Waals surface area contributed by atoms with Gasteiger partial charge in [0.15, 0.2) is 0 Å². The van der Waals surface area contributed by atoms with Gasteiger partial charge in [0.25, 0.3) is 5.91 Å². The summed E-state index contributed by atoms with van der Waals surface area (Å²) in [7, 11) is 0. The van der Waals surface area contributed by atoms with Crippen molar-refractivity contribution < 1.29 is 4.79 Å². The molecule has 25 heavy (non-hydrogen) atoms. The first-order valence-corrected chi connectivity index (χ1v) is 9.30. The summed E-state index contributed by atoms with van der Waals surface area (Å²) in [6, 6.07) is 5.01. The summed E-state index contributed by atoms with van der Waals surface area (Å²) in [5.74, 6) is 1.09. The second-order valence-electron chi connectivity index (χ2n) is 6.15. The lowest BCUT2D eigenvalue weighted by Crippen LogP contribution is -2.49. The van der Waals surface area contributed by atoms with Crippen LogP contribution in [0.25, 0.3) is 0 Å². The molecule has 1 aliphatic heterocycles. The van der Waals surface area contributed by atoms with E-state index >= 15 is 0 Å². The van der Waals surface area contributed by atoms with Crippen LogP contribution < -0.4 is 0 Å². The molecule has 7 heteroatoms. The molecule has 1 fully saturated rings. The molecule has 2 aromatic rings. The van der Waals surface area contributed by atoms with Crippen molar-refractivity contribution in [2.24, 2.45) is 0 Å². The van der Waals surface area contributed by atoms with Crippen molar-refractivity contribution in [2.45, 2.75) is 19.9 Å². The van der Waals surface area contributed by atoms with Crippen molar-refractivity contribution >= 4 is 29.1 Å². The first-order valence-electron chi connectivity index (χ1n) is 8.55. The zero-order chi connectivity index (χ0) is 17.8. The minimum Gasteiger partial charge on any atom is -0.336 e. The third-order valence-corrected chi connectivity index (χ3v) is 5.14. The van der Waals surface area contributed by atoms with Gasteiger partial charge in [-0.1, -0.05) is 30.1 Å². The molecule has 1 aromatic carbocycles. The molecule has 0 bridgehead atoms. The fourth-order valence-electron chi connectivity index (χ4n) is 3.11. The van der Waals surface area contributed by atoms with E-state index in [2.05, 4.69) is 21.4 Å². The zero-order valence-electron chi connectivity index (χ0n) is 14.3. The third kappa shape index (κ3) is 4.35. The van der Waals surface area contributed by atoms with Gasteiger partial charge in [-0.2, -0.15) is 0 Å². The summed E-state index contributed by atoms with van der Waals surface area (Å²) < 4.78 is 2.20. The molecule has 0 N–H and O–H groups in total. The number of carbonyl (C=O) groups is 1. The highest BCUT2D eigenvalue weighted by molar-refractivity contribution is 6.36. The number of halogens is 2. The number of aryl methyl sites for hydroxylation is 1. The molecule has 0 radical (unpaired) electrons. The first-order chi connectivity index (χ1) is 12.1. The van der Waals surface area contributed by atoms with Crippen molar-refractivity contribution in [1.82, 2.24) is 19.4 Å². The lowest BCUT2D eigenvalue weighted by Gasteiger charge is -2.35. The molecule has 5 nitrogen and oxygen atoms in total. The molecule has 0 unspecified atom stereocenters. The Hall–Kier alpha value is -1.56. The molecule has 0 aliphatic carbocycles. The fraction of sp³-hybridized carbons (Fsp3) is 0.444. The lowest BCUT2D eigenvalue weighted by molar-refractivity contribution is 0.0633. The second kappa shape index (κ2) is 8.21. The van der Waals surface area contributed by atoms with Crippen LogP contribution in [0.15, 0.2) is 30.6 Å². The number of benzene rings is 1. The van der Waals surface area contributed by atoms with E-state index in [1.54, 1.807) is 18.2 Å². The van der Waals surface area contributed by atoms with Gasteiger partial charge in [-0.25, -0.2) is 4.98 Å². The van der Waals surface area contributed by atoms with Crippen molar-refractivity contribution in [3.05, 3.63) is 52.0 Å². The number of amides is 1. The van der Waals surface area contributed by atoms with Crippen molar-refractivity contribution in [1.29, 1.82) is 0 Å². The highest BCUT2D eigenvalue weighted by Crippen LogP contribution is 2.22. The van der Waals surface area contributed by atoms with Gasteiger partial charge in [0.05, 0.1) is 10.6 Å². The topological polar surface area (TPSA) is 41.4 Å². The first kappa shape index (κ1) is 18.2. The number of piperazine rings is 1. The minimum absolute atomic E-state index is 0.0239. The summed E-state index contributed by atoms with van der Waals surface area (Å²) in [5, 5.41) is 0.949. The predicted molar refractivity (Wildman–Crippen MR) is 100 cm³/mol. The Morgan fingerprint density at radius 1 is 1.16 bits per heavy atom. The Bertz CT molecular complexity index is 738. The maximum atomic E-state index is 12.6. The molecular weight excluding hydrogens is 359 g/mol. The number of aromatic nitrogens is 2. The molecule has 1 saturated heterocycles. The Labute approximate surface area is 158 Å². The number of imidazole rings is 1. The standard InChI is InChI=1S/C18H22Cl2N4O/c1-2-17-21-5-6-23(17)10-7-22-8-11-24(12-9-22)18(25)15-4-3-14(19)13-16(15)20/h3-6,13H,2,7-12H2,1H3. The van der Waals surface area contributed by atoms with Crippen molar-refractivity contribution in [2.75, 3.05) is 32.7 Å². The smallest absolute Gasteiger partial charge is 0.255 e. The molecule has 0 atom stereocenters. The van der Waals surface area contributed by atoms with Crippen molar-refractivity contribution in [3.63, 3.8) is 0 Å². The molecule has 0 spiro atoms. The molecule has 134 valence electrons. The third-order valence-electron chi connectivity index (χ3n) is 4.60. The number of hydrogen-bond donors (Lipinski definition) is 0. The Morgan fingerprint density at radius 2 is 1.92 bits per heavy atom. The van der Waals surface area contributed by atoms with E-state index in [0.29, 0.717) is 28.7 Å². The van der Waals surface area contributed by atoms with Crippen LogP contribution in [-0.2, 0) is 13.0 Å². The van der Waals surface area contributed by atoms with E-state index < -0.39 is 0 Å². The summed E-state index contributed by atoms with van der Waals surface area (Å²) in [6.45, 7) is 7.17. The quantitative estimate of drug-likeness (QED) is 0.799. The molecule has 1 aromatic heterocycles. The average molecular weight is 381 g/mol. The summed E-state index contributed by atoms with van der Waals surface area (Å²) in [6.07, 6.45) is 4.82. The van der Waals surface area contributed by atoms with Crippen LogP contribution >= 0.6 is 23.2 Å². The molecule has 1 amide bonds. The Balaban J connectivity index is 1.52. The highest BCUT2D eigenvalue weighted by Gasteiger charge is 2.23. The van der Waals surface area contributed by atoms with E-state index in [0.717, 1.165) is 38.4 Å². The Kier molecular flexibility index (Phi) is 5.99. The highest BCUT2D eigenvalue weighted by atomic mass is 35.5. The number of carbonyl (C=O) groups excluding carboxylic acids is 1. The van der Waals surface area contributed by atoms with Crippen LogP contribution in [0, 0.1) is 0 Å². The maximum Gasteiger partial charge on any atom is 0.255 e. The summed E-state index contributed by atoms with van der Waals surface area (Å²) >= 11 is 12.1. The van der Waals surface area contributed by atoms with E-state index in [-0.39, 0.29) is 5.91 Å². The van der Waals surface area contributed by atoms with Gasteiger partial charge in [-0.05, 0) is 18.2 Å². The number of rotatable bonds is 5. The fourth-order valence-corrected chi connectivity index (χ4v) is 3.60. The molecular formula is C18H22Cl2N4O. The van der Waals surface area contributed by atoms with Crippen LogP contribution in [0.3, 0.4) is 0 Å². The van der Waals surface area contributed by atoms with E-state index in [1.807, 2.05) is 17.3 Å². The predicted octanol–water partition coefficient (Wildman–Crippen LogP) is 3.21.